The van der Waals surface area contributed by atoms with Gasteiger partial charge in [0, 0.05) is 19.3 Å². The van der Waals surface area contributed by atoms with Crippen molar-refractivity contribution in [2.24, 2.45) is 0 Å². The standard InChI is InChI=1S/C10H23N2/c1-11(2)7-6-10-12(3)8-4-5-9-12/h4-10H2,1-3H3/q+1/p+1. The van der Waals surface area contributed by atoms with E-state index < -0.39 is 0 Å². The molecule has 2 heteroatoms. The minimum atomic E-state index is 1.33. The molecule has 1 fully saturated rings. The van der Waals surface area contributed by atoms with E-state index in [-0.39, 0.29) is 0 Å². The highest BCUT2D eigenvalue weighted by atomic mass is 15.3. The first-order valence-electron chi connectivity index (χ1n) is 5.25. The molecule has 0 spiro atoms. The summed E-state index contributed by atoms with van der Waals surface area (Å²) in [5, 5.41) is 0. The summed E-state index contributed by atoms with van der Waals surface area (Å²) in [4.78, 5) is 1.58. The van der Waals surface area contributed by atoms with Gasteiger partial charge in [-0.25, -0.2) is 0 Å². The Morgan fingerprint density at radius 3 is 2.25 bits per heavy atom. The number of rotatable bonds is 4. The van der Waals surface area contributed by atoms with Crippen LogP contribution in [0.2, 0.25) is 0 Å². The molecule has 0 aromatic heterocycles. The zero-order valence-electron chi connectivity index (χ0n) is 8.90. The highest BCUT2D eigenvalue weighted by Gasteiger charge is 2.25. The van der Waals surface area contributed by atoms with E-state index >= 15 is 0 Å². The average molecular weight is 172 g/mol. The quantitative estimate of drug-likeness (QED) is 0.558. The molecule has 0 radical (unpaired) electrons. The van der Waals surface area contributed by atoms with Crippen molar-refractivity contribution in [3.05, 3.63) is 0 Å². The second kappa shape index (κ2) is 4.24. The van der Waals surface area contributed by atoms with E-state index in [2.05, 4.69) is 21.1 Å². The van der Waals surface area contributed by atoms with E-state index in [4.69, 9.17) is 0 Å². The Kier molecular flexibility index (Phi) is 3.53. The van der Waals surface area contributed by atoms with Gasteiger partial charge in [-0.3, -0.25) is 0 Å². The molecule has 72 valence electrons. The van der Waals surface area contributed by atoms with Gasteiger partial charge < -0.3 is 9.38 Å². The molecule has 0 bridgehead atoms. The molecule has 12 heavy (non-hydrogen) atoms. The molecule has 0 amide bonds. The lowest BCUT2D eigenvalue weighted by atomic mass is 10.3. The first-order chi connectivity index (χ1) is 5.62. The summed E-state index contributed by atoms with van der Waals surface area (Å²) in [6.45, 7) is 5.56. The average Bonchev–Trinajstić information content (AvgIpc) is 2.35. The first kappa shape index (κ1) is 10.0. The van der Waals surface area contributed by atoms with Crippen molar-refractivity contribution < 1.29 is 9.38 Å². The molecule has 1 heterocycles. The van der Waals surface area contributed by atoms with Crippen molar-refractivity contribution in [1.82, 2.24) is 0 Å². The molecule has 0 saturated carbocycles. The molecular weight excluding hydrogens is 148 g/mol. The maximum Gasteiger partial charge on any atom is 0.0838 e. The summed E-state index contributed by atoms with van der Waals surface area (Å²) in [6, 6.07) is 0. The fraction of sp³-hybridized carbons (Fsp3) is 1.00. The van der Waals surface area contributed by atoms with Gasteiger partial charge >= 0.3 is 0 Å². The second-order valence-corrected chi connectivity index (χ2v) is 4.81. The van der Waals surface area contributed by atoms with Crippen LogP contribution >= 0.6 is 0 Å². The molecular formula is C10H24N2+2. The summed E-state index contributed by atoms with van der Waals surface area (Å²) in [6.07, 6.45) is 4.29. The van der Waals surface area contributed by atoms with Gasteiger partial charge in [0.05, 0.1) is 47.3 Å². The summed E-state index contributed by atoms with van der Waals surface area (Å²) < 4.78 is 1.34. The second-order valence-electron chi connectivity index (χ2n) is 4.81. The largest absolute Gasteiger partial charge is 0.340 e. The van der Waals surface area contributed by atoms with E-state index in [1.807, 2.05) is 0 Å². The highest BCUT2D eigenvalue weighted by molar-refractivity contribution is 4.51. The van der Waals surface area contributed by atoms with Gasteiger partial charge in [0.15, 0.2) is 0 Å². The Balaban J connectivity index is 2.13. The molecule has 1 rings (SSSR count). The van der Waals surface area contributed by atoms with Crippen LogP contribution in [0.25, 0.3) is 0 Å². The van der Waals surface area contributed by atoms with Gasteiger partial charge in [0.25, 0.3) is 0 Å². The van der Waals surface area contributed by atoms with Crippen molar-refractivity contribution in [2.45, 2.75) is 19.3 Å². The minimum Gasteiger partial charge on any atom is -0.340 e. The molecule has 0 aromatic carbocycles. The fourth-order valence-corrected chi connectivity index (χ4v) is 2.14. The van der Waals surface area contributed by atoms with Crippen LogP contribution in [0.3, 0.4) is 0 Å². The molecule has 2 nitrogen and oxygen atoms in total. The summed E-state index contributed by atoms with van der Waals surface area (Å²) in [5.41, 5.74) is 0. The van der Waals surface area contributed by atoms with Gasteiger partial charge in [-0.1, -0.05) is 0 Å². The van der Waals surface area contributed by atoms with E-state index in [1.165, 1.54) is 49.9 Å². The molecule has 1 N–H and O–H groups in total. The van der Waals surface area contributed by atoms with E-state index in [1.54, 1.807) is 4.90 Å². The zero-order chi connectivity index (χ0) is 9.03. The van der Waals surface area contributed by atoms with Gasteiger partial charge in [-0.05, 0) is 0 Å². The summed E-state index contributed by atoms with van der Waals surface area (Å²) in [7, 11) is 6.89. The van der Waals surface area contributed by atoms with Crippen molar-refractivity contribution in [3.8, 4) is 0 Å². The van der Waals surface area contributed by atoms with Crippen molar-refractivity contribution in [3.63, 3.8) is 0 Å². The first-order valence-corrected chi connectivity index (χ1v) is 5.25. The summed E-state index contributed by atoms with van der Waals surface area (Å²) in [5.74, 6) is 0. The Morgan fingerprint density at radius 2 is 1.75 bits per heavy atom. The third kappa shape index (κ3) is 3.11. The maximum atomic E-state index is 2.41. The molecule has 1 aliphatic rings. The lowest BCUT2D eigenvalue weighted by molar-refractivity contribution is -0.905. The van der Waals surface area contributed by atoms with Crippen LogP contribution < -0.4 is 4.90 Å². The fourth-order valence-electron chi connectivity index (χ4n) is 2.14. The number of likely N-dealkylation sites (tertiary alicyclic amines) is 1. The third-order valence-electron chi connectivity index (χ3n) is 3.02. The maximum absolute atomic E-state index is 2.41. The van der Waals surface area contributed by atoms with Gasteiger partial charge in [0.2, 0.25) is 0 Å². The third-order valence-corrected chi connectivity index (χ3v) is 3.02. The van der Waals surface area contributed by atoms with Crippen LogP contribution in [0.4, 0.5) is 0 Å². The monoisotopic (exact) mass is 172 g/mol. The number of nitrogens with one attached hydrogen (secondary N) is 1. The predicted molar refractivity (Wildman–Crippen MR) is 52.3 cm³/mol. The van der Waals surface area contributed by atoms with E-state index in [0.717, 1.165) is 0 Å². The molecule has 0 unspecified atom stereocenters. The topological polar surface area (TPSA) is 4.44 Å². The number of hydrogen-bond acceptors (Lipinski definition) is 0. The number of hydrogen-bond donors (Lipinski definition) is 1. The van der Waals surface area contributed by atoms with Crippen molar-refractivity contribution in [2.75, 3.05) is 47.3 Å². The summed E-state index contributed by atoms with van der Waals surface area (Å²) >= 11 is 0. The Morgan fingerprint density at radius 1 is 1.17 bits per heavy atom. The van der Waals surface area contributed by atoms with Crippen LogP contribution in [0.5, 0.6) is 0 Å². The van der Waals surface area contributed by atoms with Crippen LogP contribution in [0.15, 0.2) is 0 Å². The van der Waals surface area contributed by atoms with Crippen LogP contribution in [-0.4, -0.2) is 51.8 Å². The predicted octanol–water partition coefficient (Wildman–Crippen LogP) is -0.239. The molecule has 0 atom stereocenters. The lowest BCUT2D eigenvalue weighted by Gasteiger charge is -2.29. The molecule has 0 aromatic rings. The van der Waals surface area contributed by atoms with Crippen LogP contribution in [0.1, 0.15) is 19.3 Å². The van der Waals surface area contributed by atoms with Crippen LogP contribution in [0, 0.1) is 0 Å². The Hall–Kier alpha value is -0.0800. The van der Waals surface area contributed by atoms with Crippen LogP contribution in [-0.2, 0) is 0 Å². The van der Waals surface area contributed by atoms with Gasteiger partial charge in [-0.2, -0.15) is 0 Å². The molecule has 1 aliphatic heterocycles. The van der Waals surface area contributed by atoms with Gasteiger partial charge in [-0.15, -0.1) is 0 Å². The SMILES string of the molecule is C[NH+](C)CCC[N+]1(C)CCCC1. The minimum absolute atomic E-state index is 1.33. The Labute approximate surface area is 76.7 Å². The Bertz CT molecular complexity index is 126. The molecule has 0 aliphatic carbocycles. The highest BCUT2D eigenvalue weighted by Crippen LogP contribution is 2.15. The van der Waals surface area contributed by atoms with Gasteiger partial charge in [0.1, 0.15) is 0 Å². The number of nitrogens with zero attached hydrogens (tertiary/aromatic N) is 1. The lowest BCUT2D eigenvalue weighted by Crippen LogP contribution is -3.05. The van der Waals surface area contributed by atoms with Crippen molar-refractivity contribution >= 4 is 0 Å². The molecule has 1 saturated heterocycles. The van der Waals surface area contributed by atoms with E-state index in [0.29, 0.717) is 0 Å². The normalized spacial score (nSPS) is 22.0. The van der Waals surface area contributed by atoms with E-state index in [9.17, 15) is 0 Å². The number of quaternary nitrogens is 2. The van der Waals surface area contributed by atoms with Crippen molar-refractivity contribution in [1.29, 1.82) is 0 Å². The smallest absolute Gasteiger partial charge is 0.0838 e. The zero-order valence-corrected chi connectivity index (χ0v) is 8.90.